The Morgan fingerprint density at radius 1 is 1.15 bits per heavy atom. The summed E-state index contributed by atoms with van der Waals surface area (Å²) in [6.45, 7) is -11.8. The molecule has 4 rings (SSSR count). The van der Waals surface area contributed by atoms with Crippen molar-refractivity contribution >= 4 is 16.6 Å². The van der Waals surface area contributed by atoms with Crippen LogP contribution in [-0.2, 0) is 16.0 Å². The lowest BCUT2D eigenvalue weighted by molar-refractivity contribution is -0.120. The molecule has 1 saturated heterocycles. The van der Waals surface area contributed by atoms with Crippen molar-refractivity contribution in [2.75, 3.05) is 32.7 Å². The topological polar surface area (TPSA) is 81.4 Å². The van der Waals surface area contributed by atoms with Gasteiger partial charge in [0.25, 0.3) is 0 Å². The van der Waals surface area contributed by atoms with Crippen LogP contribution in [0.1, 0.15) is 22.6 Å². The van der Waals surface area contributed by atoms with Crippen molar-refractivity contribution in [3.63, 3.8) is 0 Å². The normalized spacial score (nSPS) is 27.7. The summed E-state index contributed by atoms with van der Waals surface area (Å²) >= 11 is 0. The van der Waals surface area contributed by atoms with Gasteiger partial charge in [-0.3, -0.25) is 19.7 Å². The van der Waals surface area contributed by atoms with Crippen LogP contribution >= 0.6 is 0 Å². The van der Waals surface area contributed by atoms with Gasteiger partial charge < -0.3 is 9.15 Å². The average molecular weight is 360 g/mol. The minimum absolute atomic E-state index is 0.223. The van der Waals surface area contributed by atoms with Gasteiger partial charge in [-0.1, -0.05) is 0 Å². The number of ether oxygens (including phenoxy) is 1. The Labute approximate surface area is 162 Å². The molecule has 0 bridgehead atoms. The Kier molecular flexibility index (Phi) is 2.78. The summed E-state index contributed by atoms with van der Waals surface area (Å²) in [5.41, 5.74) is 0.833. The van der Waals surface area contributed by atoms with E-state index < -0.39 is 38.4 Å². The summed E-state index contributed by atoms with van der Waals surface area (Å²) in [6.07, 6.45) is 4.31. The number of fused-ring (bicyclic) bond motifs is 1. The van der Waals surface area contributed by atoms with E-state index in [0.717, 1.165) is 0 Å². The molecule has 0 saturated carbocycles. The van der Waals surface area contributed by atoms with E-state index in [9.17, 15) is 4.79 Å². The second-order valence-electron chi connectivity index (χ2n) is 5.67. The Bertz CT molecular complexity index is 1240. The molecule has 0 amide bonds. The number of nitrogens with zero attached hydrogens (tertiary/aromatic N) is 4. The van der Waals surface area contributed by atoms with Gasteiger partial charge >= 0.3 is 0 Å². The first-order valence-electron chi connectivity index (χ1n) is 11.8. The van der Waals surface area contributed by atoms with Crippen molar-refractivity contribution in [1.29, 1.82) is 0 Å². The van der Waals surface area contributed by atoms with Gasteiger partial charge in [0.15, 0.2) is 17.4 Å². The quantitative estimate of drug-likeness (QED) is 0.688. The number of carbonyl (C=O) groups excluding carboxylic acids is 1. The first kappa shape index (κ1) is 9.89. The first-order valence-corrected chi connectivity index (χ1v) is 7.81. The Balaban J connectivity index is 1.58. The van der Waals surface area contributed by atoms with E-state index >= 15 is 0 Å². The SMILES string of the molecule is [2H]C1([2H])OC([2H])([2H])C([2H])([2H])N(CC(=O)Cc2cc3cc(-c4cnc(C)o4)ncc3cn2)C1([2H])[2H]. The van der Waals surface area contributed by atoms with Gasteiger partial charge in [-0.25, -0.2) is 4.98 Å². The molecule has 134 valence electrons. The molecule has 3 aromatic rings. The predicted octanol–water partition coefficient (Wildman–Crippen LogP) is 2.04. The van der Waals surface area contributed by atoms with Gasteiger partial charge in [-0.2, -0.15) is 0 Å². The lowest BCUT2D eigenvalue weighted by atomic mass is 10.1. The maximum absolute atomic E-state index is 12.8. The second kappa shape index (κ2) is 7.31. The van der Waals surface area contributed by atoms with Crippen molar-refractivity contribution in [2.24, 2.45) is 0 Å². The number of aryl methyl sites for hydroxylation is 1. The van der Waals surface area contributed by atoms with Gasteiger partial charge in [0.1, 0.15) is 5.69 Å². The van der Waals surface area contributed by atoms with Crippen LogP contribution in [-0.4, -0.2) is 58.3 Å². The van der Waals surface area contributed by atoms with Crippen molar-refractivity contribution < 1.29 is 24.9 Å². The molecule has 4 heterocycles. The number of aromatic nitrogens is 3. The molecule has 1 aliphatic rings. The smallest absolute Gasteiger partial charge is 0.191 e. The Morgan fingerprint density at radius 3 is 2.73 bits per heavy atom. The molecule has 3 aromatic heterocycles. The fourth-order valence-electron chi connectivity index (χ4n) is 2.52. The van der Waals surface area contributed by atoms with Crippen LogP contribution < -0.4 is 0 Å². The monoisotopic (exact) mass is 360 g/mol. The van der Waals surface area contributed by atoms with E-state index in [-0.39, 0.29) is 11.3 Å². The highest BCUT2D eigenvalue weighted by atomic mass is 16.5. The Morgan fingerprint density at radius 2 is 1.96 bits per heavy atom. The number of rotatable bonds is 5. The van der Waals surface area contributed by atoms with E-state index in [0.29, 0.717) is 33.8 Å². The Hall–Kier alpha value is -2.64. The standard InChI is InChI=1S/C19H20N4O3/c1-13-20-11-19(26-13)18-7-14-6-16(21-9-15(14)10-22-18)8-17(24)12-23-2-4-25-5-3-23/h6-7,9-11H,2-5,8,12H2,1H3/i2D2,3D2,4D2,5D2. The highest BCUT2D eigenvalue weighted by Gasteiger charge is 2.15. The largest absolute Gasteiger partial charge is 0.439 e. The fraction of sp³-hybridized carbons (Fsp3) is 0.368. The zero-order valence-electron chi connectivity index (χ0n) is 21.8. The molecule has 1 fully saturated rings. The highest BCUT2D eigenvalue weighted by molar-refractivity contribution is 5.86. The van der Waals surface area contributed by atoms with Gasteiger partial charge in [-0.05, 0) is 17.5 Å². The lowest BCUT2D eigenvalue weighted by Gasteiger charge is -2.25. The van der Waals surface area contributed by atoms with E-state index in [1.54, 1.807) is 25.3 Å². The molecule has 0 aliphatic carbocycles. The first-order chi connectivity index (χ1) is 15.6. The number of hydrogen-bond donors (Lipinski definition) is 0. The molecule has 0 radical (unpaired) electrons. The molecule has 0 aromatic carbocycles. The van der Waals surface area contributed by atoms with Crippen LogP contribution in [0.4, 0.5) is 0 Å². The number of ketones is 1. The highest BCUT2D eigenvalue weighted by Crippen LogP contribution is 2.22. The average Bonchev–Trinajstić information content (AvgIpc) is 3.16. The summed E-state index contributed by atoms with van der Waals surface area (Å²) in [6, 6.07) is 3.36. The number of carbonyl (C=O) groups is 1. The van der Waals surface area contributed by atoms with Crippen molar-refractivity contribution in [3.8, 4) is 11.5 Å². The van der Waals surface area contributed by atoms with Crippen LogP contribution in [0.15, 0.2) is 35.1 Å². The molecule has 7 nitrogen and oxygen atoms in total. The van der Waals surface area contributed by atoms with Crippen LogP contribution in [0, 0.1) is 6.92 Å². The second-order valence-corrected chi connectivity index (χ2v) is 5.67. The summed E-state index contributed by atoms with van der Waals surface area (Å²) < 4.78 is 72.8. The van der Waals surface area contributed by atoms with Gasteiger partial charge in [0.05, 0.1) is 37.8 Å². The number of morpholine rings is 1. The fourth-order valence-corrected chi connectivity index (χ4v) is 2.52. The summed E-state index contributed by atoms with van der Waals surface area (Å²) in [5.74, 6) is 0.261. The molecular formula is C19H20N4O3. The van der Waals surface area contributed by atoms with Crippen LogP contribution in [0.25, 0.3) is 22.2 Å². The third-order valence-corrected chi connectivity index (χ3v) is 3.71. The van der Waals surface area contributed by atoms with E-state index in [1.807, 2.05) is 0 Å². The zero-order valence-corrected chi connectivity index (χ0v) is 13.8. The van der Waals surface area contributed by atoms with Crippen molar-refractivity contribution in [1.82, 2.24) is 19.9 Å². The molecule has 1 aliphatic heterocycles. The van der Waals surface area contributed by atoms with Crippen LogP contribution in [0.2, 0.25) is 0 Å². The van der Waals surface area contributed by atoms with Crippen molar-refractivity contribution in [2.45, 2.75) is 13.3 Å². The lowest BCUT2D eigenvalue weighted by Crippen LogP contribution is -2.39. The molecule has 0 spiro atoms. The van der Waals surface area contributed by atoms with E-state index in [2.05, 4.69) is 19.7 Å². The summed E-state index contributed by atoms with van der Waals surface area (Å²) in [4.78, 5) is 25.5. The minimum Gasteiger partial charge on any atom is -0.439 e. The predicted molar refractivity (Wildman–Crippen MR) is 95.7 cm³/mol. The molecule has 7 heteroatoms. The van der Waals surface area contributed by atoms with Gasteiger partial charge in [0, 0.05) is 48.9 Å². The molecule has 0 unspecified atom stereocenters. The summed E-state index contributed by atoms with van der Waals surface area (Å²) in [7, 11) is 0. The third-order valence-electron chi connectivity index (χ3n) is 3.71. The van der Waals surface area contributed by atoms with Crippen LogP contribution in [0.3, 0.4) is 0 Å². The van der Waals surface area contributed by atoms with Crippen molar-refractivity contribution in [3.05, 3.63) is 42.3 Å². The zero-order chi connectivity index (χ0) is 25.1. The number of pyridine rings is 2. The number of Topliss-reactive ketones (excluding diaryl/α,β-unsaturated/α-hetero) is 1. The number of hydrogen-bond acceptors (Lipinski definition) is 7. The molecule has 26 heavy (non-hydrogen) atoms. The van der Waals surface area contributed by atoms with E-state index in [4.69, 9.17) is 15.4 Å². The molecule has 0 atom stereocenters. The maximum atomic E-state index is 12.8. The minimum atomic E-state index is -3.20. The third kappa shape index (κ3) is 3.79. The molecular weight excluding hydrogens is 332 g/mol. The van der Waals surface area contributed by atoms with Crippen LogP contribution in [0.5, 0.6) is 0 Å². The molecule has 0 N–H and O–H groups in total. The number of oxazole rings is 1. The van der Waals surface area contributed by atoms with Gasteiger partial charge in [-0.15, -0.1) is 0 Å². The van der Waals surface area contributed by atoms with Gasteiger partial charge in [0.2, 0.25) is 0 Å². The summed E-state index contributed by atoms with van der Waals surface area (Å²) in [5, 5.41) is 1.39. The van der Waals surface area contributed by atoms with E-state index in [1.165, 1.54) is 12.4 Å². The maximum Gasteiger partial charge on any atom is 0.191 e.